The second-order valence-electron chi connectivity index (χ2n) is 4.73. The first-order chi connectivity index (χ1) is 9.99. The van der Waals surface area contributed by atoms with E-state index in [1.54, 1.807) is 19.2 Å². The molecule has 0 spiro atoms. The zero-order valence-corrected chi connectivity index (χ0v) is 11.0. The third-order valence-corrected chi connectivity index (χ3v) is 3.25. The Kier molecular flexibility index (Phi) is 2.79. The van der Waals surface area contributed by atoms with E-state index in [9.17, 15) is 14.4 Å². The molecule has 3 rings (SSSR count). The summed E-state index contributed by atoms with van der Waals surface area (Å²) in [5.74, 6) is -2.15. The molecule has 0 atom stereocenters. The van der Waals surface area contributed by atoms with Gasteiger partial charge < -0.3 is 5.11 Å². The maximum Gasteiger partial charge on any atom is 0.335 e. The first-order valence-electron chi connectivity index (χ1n) is 6.17. The number of carboxylic acid groups (broad SMARTS) is 1. The normalized spacial score (nSPS) is 13.5. The van der Waals surface area contributed by atoms with E-state index in [4.69, 9.17) is 5.11 Å². The van der Waals surface area contributed by atoms with Crippen LogP contribution < -0.4 is 4.90 Å². The summed E-state index contributed by atoms with van der Waals surface area (Å²) >= 11 is 0. The maximum atomic E-state index is 12.4. The van der Waals surface area contributed by atoms with E-state index >= 15 is 0 Å². The van der Waals surface area contributed by atoms with Crippen LogP contribution in [0.5, 0.6) is 0 Å². The number of aromatic nitrogens is 1. The van der Waals surface area contributed by atoms with Gasteiger partial charge in [0.1, 0.15) is 0 Å². The van der Waals surface area contributed by atoms with Crippen molar-refractivity contribution in [2.75, 3.05) is 4.90 Å². The van der Waals surface area contributed by atoms with Gasteiger partial charge >= 0.3 is 5.97 Å². The van der Waals surface area contributed by atoms with Gasteiger partial charge in [0.2, 0.25) is 0 Å². The van der Waals surface area contributed by atoms with Gasteiger partial charge in [-0.25, -0.2) is 9.69 Å². The Morgan fingerprint density at radius 1 is 1.10 bits per heavy atom. The van der Waals surface area contributed by atoms with E-state index in [0.29, 0.717) is 5.69 Å². The number of hydrogen-bond acceptors (Lipinski definition) is 4. The average molecular weight is 282 g/mol. The molecule has 0 bridgehead atoms. The fourth-order valence-corrected chi connectivity index (χ4v) is 2.27. The van der Waals surface area contributed by atoms with E-state index in [0.717, 1.165) is 10.5 Å². The highest BCUT2D eigenvalue weighted by Crippen LogP contribution is 2.29. The molecule has 6 heteroatoms. The standard InChI is InChI=1S/C15H10N2O4/c1-8-4-10(7-16-6-8)17-13(18)11-3-2-9(15(20)21)5-12(11)14(17)19/h2-7H,1H3,(H,20,21). The van der Waals surface area contributed by atoms with Crippen molar-refractivity contribution in [2.45, 2.75) is 6.92 Å². The summed E-state index contributed by atoms with van der Waals surface area (Å²) < 4.78 is 0. The van der Waals surface area contributed by atoms with Gasteiger partial charge in [-0.3, -0.25) is 14.6 Å². The van der Waals surface area contributed by atoms with Crippen LogP contribution in [0.3, 0.4) is 0 Å². The minimum absolute atomic E-state index is 0.0286. The van der Waals surface area contributed by atoms with Crippen LogP contribution in [0.2, 0.25) is 0 Å². The molecule has 1 aliphatic heterocycles. The molecule has 2 heterocycles. The van der Waals surface area contributed by atoms with Crippen molar-refractivity contribution in [3.05, 3.63) is 58.9 Å². The molecule has 0 unspecified atom stereocenters. The van der Waals surface area contributed by atoms with Crippen LogP contribution in [0.15, 0.2) is 36.7 Å². The van der Waals surface area contributed by atoms with E-state index in [-0.39, 0.29) is 16.7 Å². The van der Waals surface area contributed by atoms with Crippen LogP contribution in [0.25, 0.3) is 0 Å². The van der Waals surface area contributed by atoms with Crippen LogP contribution >= 0.6 is 0 Å². The van der Waals surface area contributed by atoms with Crippen molar-refractivity contribution in [1.29, 1.82) is 0 Å². The zero-order chi connectivity index (χ0) is 15.1. The van der Waals surface area contributed by atoms with Gasteiger partial charge in [-0.15, -0.1) is 0 Å². The minimum Gasteiger partial charge on any atom is -0.478 e. The lowest BCUT2D eigenvalue weighted by molar-refractivity contribution is 0.0696. The average Bonchev–Trinajstić information content (AvgIpc) is 2.70. The van der Waals surface area contributed by atoms with Gasteiger partial charge in [-0.05, 0) is 36.8 Å². The Bertz CT molecular complexity index is 798. The lowest BCUT2D eigenvalue weighted by atomic mass is 10.1. The summed E-state index contributed by atoms with van der Waals surface area (Å²) in [6.45, 7) is 1.80. The highest BCUT2D eigenvalue weighted by molar-refractivity contribution is 6.34. The fourth-order valence-electron chi connectivity index (χ4n) is 2.27. The molecule has 21 heavy (non-hydrogen) atoms. The number of hydrogen-bond donors (Lipinski definition) is 1. The van der Waals surface area contributed by atoms with Crippen LogP contribution in [-0.4, -0.2) is 27.9 Å². The predicted molar refractivity (Wildman–Crippen MR) is 73.5 cm³/mol. The number of pyridine rings is 1. The van der Waals surface area contributed by atoms with Gasteiger partial charge in [0.25, 0.3) is 11.8 Å². The molecular weight excluding hydrogens is 272 g/mol. The summed E-state index contributed by atoms with van der Waals surface area (Å²) in [5, 5.41) is 8.97. The monoisotopic (exact) mass is 282 g/mol. The molecule has 2 amide bonds. The Morgan fingerprint density at radius 3 is 2.48 bits per heavy atom. The molecule has 0 aliphatic carbocycles. The summed E-state index contributed by atoms with van der Waals surface area (Å²) in [6, 6.07) is 5.57. The number of anilines is 1. The summed E-state index contributed by atoms with van der Waals surface area (Å²) in [7, 11) is 0. The molecule has 1 N–H and O–H groups in total. The summed E-state index contributed by atoms with van der Waals surface area (Å²) in [6.07, 6.45) is 3.04. The van der Waals surface area contributed by atoms with E-state index in [1.807, 2.05) is 0 Å². The molecule has 6 nitrogen and oxygen atoms in total. The largest absolute Gasteiger partial charge is 0.478 e. The number of nitrogens with zero attached hydrogens (tertiary/aromatic N) is 2. The van der Waals surface area contributed by atoms with Crippen molar-refractivity contribution >= 4 is 23.5 Å². The number of rotatable bonds is 2. The second kappa shape index (κ2) is 4.52. The van der Waals surface area contributed by atoms with E-state index in [2.05, 4.69) is 4.98 Å². The third kappa shape index (κ3) is 1.97. The molecule has 0 saturated heterocycles. The summed E-state index contributed by atoms with van der Waals surface area (Å²) in [5.41, 5.74) is 1.46. The first kappa shape index (κ1) is 13.0. The van der Waals surface area contributed by atoms with Crippen LogP contribution in [-0.2, 0) is 0 Å². The van der Waals surface area contributed by atoms with Crippen LogP contribution in [0, 0.1) is 6.92 Å². The second-order valence-corrected chi connectivity index (χ2v) is 4.73. The van der Waals surface area contributed by atoms with Crippen LogP contribution in [0.4, 0.5) is 5.69 Å². The topological polar surface area (TPSA) is 87.6 Å². The predicted octanol–water partition coefficient (Wildman–Crippen LogP) is 1.89. The minimum atomic E-state index is -1.14. The first-order valence-corrected chi connectivity index (χ1v) is 6.17. The van der Waals surface area contributed by atoms with Gasteiger partial charge in [0.05, 0.1) is 28.6 Å². The highest BCUT2D eigenvalue weighted by atomic mass is 16.4. The number of amides is 2. The Labute approximate surface area is 119 Å². The van der Waals surface area contributed by atoms with Crippen molar-refractivity contribution in [2.24, 2.45) is 0 Å². The molecular formula is C15H10N2O4. The number of fused-ring (bicyclic) bond motifs is 1. The Morgan fingerprint density at radius 2 is 1.81 bits per heavy atom. The molecule has 0 fully saturated rings. The number of aromatic carboxylic acids is 1. The fraction of sp³-hybridized carbons (Fsp3) is 0.0667. The zero-order valence-electron chi connectivity index (χ0n) is 11.0. The lowest BCUT2D eigenvalue weighted by Crippen LogP contribution is -2.29. The molecule has 104 valence electrons. The number of benzene rings is 1. The lowest BCUT2D eigenvalue weighted by Gasteiger charge is -2.13. The maximum absolute atomic E-state index is 12.4. The molecule has 0 radical (unpaired) electrons. The Balaban J connectivity index is 2.10. The van der Waals surface area contributed by atoms with Crippen molar-refractivity contribution in [3.63, 3.8) is 0 Å². The quantitative estimate of drug-likeness (QED) is 0.850. The smallest absolute Gasteiger partial charge is 0.335 e. The molecule has 0 saturated carbocycles. The number of carbonyl (C=O) groups excluding carboxylic acids is 2. The number of carbonyl (C=O) groups is 3. The Hall–Kier alpha value is -3.02. The number of aryl methyl sites for hydroxylation is 1. The molecule has 1 aliphatic rings. The van der Waals surface area contributed by atoms with Crippen molar-refractivity contribution in [1.82, 2.24) is 4.98 Å². The number of imide groups is 1. The van der Waals surface area contributed by atoms with E-state index < -0.39 is 17.8 Å². The van der Waals surface area contributed by atoms with Crippen molar-refractivity contribution in [3.8, 4) is 0 Å². The molecule has 2 aromatic rings. The molecule has 1 aromatic heterocycles. The third-order valence-electron chi connectivity index (χ3n) is 3.25. The van der Waals surface area contributed by atoms with Gasteiger partial charge in [0.15, 0.2) is 0 Å². The van der Waals surface area contributed by atoms with Gasteiger partial charge in [-0.1, -0.05) is 0 Å². The van der Waals surface area contributed by atoms with Crippen LogP contribution in [0.1, 0.15) is 36.6 Å². The summed E-state index contributed by atoms with van der Waals surface area (Å²) in [4.78, 5) is 40.6. The van der Waals surface area contributed by atoms with Gasteiger partial charge in [0, 0.05) is 6.20 Å². The molecule has 1 aromatic carbocycles. The number of carboxylic acids is 1. The van der Waals surface area contributed by atoms with Crippen molar-refractivity contribution < 1.29 is 19.5 Å². The SMILES string of the molecule is Cc1cncc(N2C(=O)c3ccc(C(=O)O)cc3C2=O)c1. The van der Waals surface area contributed by atoms with E-state index in [1.165, 1.54) is 24.4 Å². The highest BCUT2D eigenvalue weighted by Gasteiger charge is 2.37. The van der Waals surface area contributed by atoms with Gasteiger partial charge in [-0.2, -0.15) is 0 Å².